The quantitative estimate of drug-likeness (QED) is 0.0524. The molecule has 0 spiro atoms. The normalized spacial score (nSPS) is 31.0. The number of hydrogen-bond donors (Lipinski definition) is 9. The highest BCUT2D eigenvalue weighted by Crippen LogP contribution is 2.30. The van der Waals surface area contributed by atoms with Crippen LogP contribution < -0.4 is 5.32 Å². The molecule has 12 unspecified atom stereocenters. The van der Waals surface area contributed by atoms with E-state index in [1.54, 1.807) is 0 Å². The molecule has 51 heavy (non-hydrogen) atoms. The van der Waals surface area contributed by atoms with Gasteiger partial charge in [-0.25, -0.2) is 0 Å². The van der Waals surface area contributed by atoms with E-state index in [9.17, 15) is 45.6 Å². The van der Waals surface area contributed by atoms with Crippen molar-refractivity contribution in [1.29, 1.82) is 0 Å². The predicted octanol–water partition coefficient (Wildman–Crippen LogP) is 1.92. The molecule has 2 saturated heterocycles. The van der Waals surface area contributed by atoms with Crippen molar-refractivity contribution in [3.63, 3.8) is 0 Å². The first-order valence-corrected chi connectivity index (χ1v) is 19.8. The molecule has 0 aromatic carbocycles. The summed E-state index contributed by atoms with van der Waals surface area (Å²) < 4.78 is 22.5. The molecule has 0 radical (unpaired) electrons. The minimum Gasteiger partial charge on any atom is -0.394 e. The van der Waals surface area contributed by atoms with Gasteiger partial charge in [0.15, 0.2) is 12.6 Å². The van der Waals surface area contributed by atoms with Gasteiger partial charge < -0.3 is 65.1 Å². The maximum atomic E-state index is 12.7. The predicted molar refractivity (Wildman–Crippen MR) is 189 cm³/mol. The molecule has 2 aliphatic rings. The molecule has 9 N–H and O–H groups in total. The maximum Gasteiger partial charge on any atom is 0.220 e. The van der Waals surface area contributed by atoms with Crippen LogP contribution in [-0.2, 0) is 23.7 Å². The van der Waals surface area contributed by atoms with Crippen molar-refractivity contribution in [3.8, 4) is 0 Å². The summed E-state index contributed by atoms with van der Waals surface area (Å²) in [5, 5.41) is 85.8. The van der Waals surface area contributed by atoms with Gasteiger partial charge in [0.25, 0.3) is 0 Å². The SMILES string of the molecule is CCCCCCCCCCCCCCCCC(O)C(COC1OC(CO)C(OC2OC(CO)C(O)C(O)C2O)C(O)C1O)NC(=O)CCCCC. The fourth-order valence-corrected chi connectivity index (χ4v) is 6.70. The van der Waals surface area contributed by atoms with Crippen LogP contribution in [0.1, 0.15) is 136 Å². The number of unbranched alkanes of at least 4 members (excludes halogenated alkanes) is 15. The van der Waals surface area contributed by atoms with E-state index >= 15 is 0 Å². The van der Waals surface area contributed by atoms with Crippen LogP contribution in [0.5, 0.6) is 0 Å². The third-order valence-electron chi connectivity index (χ3n) is 10.1. The number of carbonyl (C=O) groups excluding carboxylic acids is 1. The Bertz CT molecular complexity index is 883. The number of nitrogens with one attached hydrogen (secondary N) is 1. The van der Waals surface area contributed by atoms with Gasteiger partial charge in [-0.15, -0.1) is 0 Å². The van der Waals surface area contributed by atoms with Crippen molar-refractivity contribution in [2.24, 2.45) is 0 Å². The first kappa shape index (κ1) is 46.1. The van der Waals surface area contributed by atoms with Gasteiger partial charge in [-0.3, -0.25) is 4.79 Å². The summed E-state index contributed by atoms with van der Waals surface area (Å²) in [5.74, 6) is -0.233. The molecule has 0 aliphatic carbocycles. The highest BCUT2D eigenvalue weighted by molar-refractivity contribution is 5.76. The summed E-state index contributed by atoms with van der Waals surface area (Å²) in [6.07, 6.45) is 3.65. The van der Waals surface area contributed by atoms with E-state index in [2.05, 4.69) is 12.2 Å². The van der Waals surface area contributed by atoms with Crippen molar-refractivity contribution in [2.75, 3.05) is 19.8 Å². The Morgan fingerprint density at radius 3 is 1.67 bits per heavy atom. The van der Waals surface area contributed by atoms with Gasteiger partial charge in [-0.2, -0.15) is 0 Å². The summed E-state index contributed by atoms with van der Waals surface area (Å²) in [7, 11) is 0. The molecule has 12 atom stereocenters. The van der Waals surface area contributed by atoms with Crippen LogP contribution in [0.2, 0.25) is 0 Å². The third kappa shape index (κ3) is 16.5. The van der Waals surface area contributed by atoms with Crippen molar-refractivity contribution in [1.82, 2.24) is 5.32 Å². The van der Waals surface area contributed by atoms with Gasteiger partial charge in [0, 0.05) is 6.42 Å². The zero-order valence-electron chi connectivity index (χ0n) is 31.1. The molecular formula is C37H71NO13. The average molecular weight is 738 g/mol. The highest BCUT2D eigenvalue weighted by atomic mass is 16.7. The topological polar surface area (TPSA) is 228 Å². The lowest BCUT2D eigenvalue weighted by molar-refractivity contribution is -0.359. The van der Waals surface area contributed by atoms with Crippen LogP contribution >= 0.6 is 0 Å². The van der Waals surface area contributed by atoms with Crippen LogP contribution in [0.25, 0.3) is 0 Å². The summed E-state index contributed by atoms with van der Waals surface area (Å²) >= 11 is 0. The molecule has 2 aliphatic heterocycles. The first-order chi connectivity index (χ1) is 24.6. The molecule has 0 aromatic rings. The van der Waals surface area contributed by atoms with E-state index in [4.69, 9.17) is 18.9 Å². The third-order valence-corrected chi connectivity index (χ3v) is 10.1. The molecule has 0 aromatic heterocycles. The Kier molecular flexibility index (Phi) is 24.2. The Labute approximate surface area is 304 Å². The minimum atomic E-state index is -1.77. The Morgan fingerprint density at radius 2 is 1.12 bits per heavy atom. The Morgan fingerprint density at radius 1 is 0.627 bits per heavy atom. The lowest BCUT2D eigenvalue weighted by atomic mass is 9.97. The summed E-state index contributed by atoms with van der Waals surface area (Å²) in [4.78, 5) is 12.7. The monoisotopic (exact) mass is 737 g/mol. The zero-order chi connectivity index (χ0) is 37.6. The van der Waals surface area contributed by atoms with E-state index in [-0.39, 0.29) is 12.5 Å². The van der Waals surface area contributed by atoms with E-state index in [1.807, 2.05) is 6.92 Å². The molecule has 2 fully saturated rings. The Hall–Kier alpha value is -1.01. The minimum absolute atomic E-state index is 0.233. The van der Waals surface area contributed by atoms with Crippen molar-refractivity contribution in [3.05, 3.63) is 0 Å². The largest absolute Gasteiger partial charge is 0.394 e. The molecule has 2 rings (SSSR count). The lowest BCUT2D eigenvalue weighted by Crippen LogP contribution is -2.65. The number of carbonyl (C=O) groups is 1. The van der Waals surface area contributed by atoms with Gasteiger partial charge in [-0.05, 0) is 12.8 Å². The Balaban J connectivity index is 1.85. The van der Waals surface area contributed by atoms with Crippen LogP contribution in [0, 0.1) is 0 Å². The van der Waals surface area contributed by atoms with Crippen LogP contribution in [0.15, 0.2) is 0 Å². The van der Waals surface area contributed by atoms with Crippen molar-refractivity contribution < 1.29 is 64.6 Å². The molecule has 1 amide bonds. The molecule has 302 valence electrons. The fourth-order valence-electron chi connectivity index (χ4n) is 6.70. The molecular weight excluding hydrogens is 666 g/mol. The maximum absolute atomic E-state index is 12.7. The number of ether oxygens (including phenoxy) is 4. The smallest absolute Gasteiger partial charge is 0.220 e. The van der Waals surface area contributed by atoms with E-state index in [0.29, 0.717) is 19.3 Å². The number of hydrogen-bond acceptors (Lipinski definition) is 13. The van der Waals surface area contributed by atoms with Gasteiger partial charge in [0.1, 0.15) is 48.8 Å². The van der Waals surface area contributed by atoms with Gasteiger partial charge >= 0.3 is 0 Å². The van der Waals surface area contributed by atoms with E-state index < -0.39 is 86.8 Å². The van der Waals surface area contributed by atoms with Gasteiger partial charge in [0.05, 0.1) is 32.0 Å². The standard InChI is InChI=1S/C37H71NO13/c1-3-5-7-8-9-10-11-12-13-14-15-16-17-19-20-26(41)25(38-29(42)21-18-6-4-2)24-48-36-34(47)32(45)35(28(23-40)50-36)51-37-33(46)31(44)30(43)27(22-39)49-37/h25-28,30-37,39-41,43-47H,3-24H2,1-2H3,(H,38,42). The first-order valence-electron chi connectivity index (χ1n) is 19.8. The second kappa shape index (κ2) is 26.7. The van der Waals surface area contributed by atoms with Crippen molar-refractivity contribution >= 4 is 5.91 Å². The molecule has 0 bridgehead atoms. The average Bonchev–Trinajstić information content (AvgIpc) is 3.12. The van der Waals surface area contributed by atoms with E-state index in [0.717, 1.165) is 38.5 Å². The molecule has 0 saturated carbocycles. The molecule has 14 heteroatoms. The van der Waals surface area contributed by atoms with Crippen molar-refractivity contribution in [2.45, 2.75) is 209 Å². The van der Waals surface area contributed by atoms with Gasteiger partial charge in [0.2, 0.25) is 5.91 Å². The highest BCUT2D eigenvalue weighted by Gasteiger charge is 2.50. The number of aliphatic hydroxyl groups excluding tert-OH is 8. The zero-order valence-corrected chi connectivity index (χ0v) is 31.1. The van der Waals surface area contributed by atoms with Crippen LogP contribution in [0.3, 0.4) is 0 Å². The van der Waals surface area contributed by atoms with Crippen LogP contribution in [-0.4, -0.2) is 140 Å². The fraction of sp³-hybridized carbons (Fsp3) is 0.973. The lowest BCUT2D eigenvalue weighted by Gasteiger charge is -2.46. The molecule has 14 nitrogen and oxygen atoms in total. The van der Waals surface area contributed by atoms with Crippen LogP contribution in [0.4, 0.5) is 0 Å². The second-order valence-corrected chi connectivity index (χ2v) is 14.4. The number of aliphatic hydroxyl groups is 8. The summed E-state index contributed by atoms with van der Waals surface area (Å²) in [6, 6.07) is -0.815. The molecule has 2 heterocycles. The number of rotatable bonds is 28. The second-order valence-electron chi connectivity index (χ2n) is 14.4. The summed E-state index contributed by atoms with van der Waals surface area (Å²) in [5.41, 5.74) is 0. The van der Waals surface area contributed by atoms with E-state index in [1.165, 1.54) is 64.2 Å². The number of amides is 1. The summed E-state index contributed by atoms with van der Waals surface area (Å²) in [6.45, 7) is 2.63. The van der Waals surface area contributed by atoms with Gasteiger partial charge in [-0.1, -0.05) is 117 Å².